The second-order valence-electron chi connectivity index (χ2n) is 4.92. The molecule has 6 nitrogen and oxygen atoms in total. The number of benzene rings is 1. The Labute approximate surface area is 128 Å². The maximum absolute atomic E-state index is 5.07. The van der Waals surface area contributed by atoms with Gasteiger partial charge in [0, 0.05) is 18.0 Å². The molecule has 0 aliphatic heterocycles. The van der Waals surface area contributed by atoms with Crippen molar-refractivity contribution in [1.29, 1.82) is 0 Å². The predicted molar refractivity (Wildman–Crippen MR) is 84.4 cm³/mol. The van der Waals surface area contributed by atoms with Crippen LogP contribution in [-0.2, 0) is 6.54 Å². The third-order valence-electron chi connectivity index (χ3n) is 3.11. The summed E-state index contributed by atoms with van der Waals surface area (Å²) < 4.78 is 6.95. The Kier molecular flexibility index (Phi) is 4.00. The van der Waals surface area contributed by atoms with E-state index in [4.69, 9.17) is 4.74 Å². The van der Waals surface area contributed by atoms with Crippen LogP contribution >= 0.6 is 0 Å². The summed E-state index contributed by atoms with van der Waals surface area (Å²) >= 11 is 0. The topological polar surface area (TPSA) is 64.9 Å². The number of rotatable bonds is 5. The first-order valence-corrected chi connectivity index (χ1v) is 6.96. The maximum Gasteiger partial charge on any atom is 0.318 e. The normalized spacial score (nSPS) is 10.5. The van der Waals surface area contributed by atoms with Crippen molar-refractivity contribution < 1.29 is 4.74 Å². The molecule has 0 amide bonds. The highest BCUT2D eigenvalue weighted by Gasteiger charge is 2.04. The quantitative estimate of drug-likeness (QED) is 0.784. The largest absolute Gasteiger partial charge is 0.467 e. The standard InChI is InChI=1S/C16H17N5O/c1-12-8-15(20-16(18-12)22-2)19-14-9-17-21(11-14)10-13-6-4-3-5-7-13/h3-9,11H,10H2,1-2H3,(H,18,19,20). The molecule has 3 aromatic rings. The van der Waals surface area contributed by atoms with E-state index >= 15 is 0 Å². The van der Waals surface area contributed by atoms with Crippen LogP contribution in [0.3, 0.4) is 0 Å². The van der Waals surface area contributed by atoms with Crippen molar-refractivity contribution in [2.75, 3.05) is 12.4 Å². The first kappa shape index (κ1) is 14.1. The van der Waals surface area contributed by atoms with Crippen LogP contribution in [-0.4, -0.2) is 26.9 Å². The van der Waals surface area contributed by atoms with E-state index in [0.29, 0.717) is 11.8 Å². The predicted octanol–water partition coefficient (Wildman–Crippen LogP) is 2.78. The number of aromatic nitrogens is 4. The van der Waals surface area contributed by atoms with Crippen LogP contribution < -0.4 is 10.1 Å². The third kappa shape index (κ3) is 3.41. The van der Waals surface area contributed by atoms with Crippen molar-refractivity contribution in [2.24, 2.45) is 0 Å². The Morgan fingerprint density at radius 2 is 2.00 bits per heavy atom. The summed E-state index contributed by atoms with van der Waals surface area (Å²) in [6.07, 6.45) is 3.71. The van der Waals surface area contributed by atoms with E-state index < -0.39 is 0 Å². The zero-order valence-corrected chi connectivity index (χ0v) is 12.5. The van der Waals surface area contributed by atoms with Crippen molar-refractivity contribution in [3.63, 3.8) is 0 Å². The lowest BCUT2D eigenvalue weighted by molar-refractivity contribution is 0.379. The van der Waals surface area contributed by atoms with Crippen LogP contribution in [0.25, 0.3) is 0 Å². The monoisotopic (exact) mass is 295 g/mol. The molecular weight excluding hydrogens is 278 g/mol. The molecule has 0 unspecified atom stereocenters. The first-order chi connectivity index (χ1) is 10.7. The number of aryl methyl sites for hydroxylation is 1. The molecule has 1 aromatic carbocycles. The molecule has 0 spiro atoms. The average molecular weight is 295 g/mol. The van der Waals surface area contributed by atoms with Gasteiger partial charge in [0.15, 0.2) is 0 Å². The fourth-order valence-electron chi connectivity index (χ4n) is 2.13. The fraction of sp³-hybridized carbons (Fsp3) is 0.188. The highest BCUT2D eigenvalue weighted by Crippen LogP contribution is 2.17. The zero-order chi connectivity index (χ0) is 15.4. The molecule has 2 aromatic heterocycles. The third-order valence-corrected chi connectivity index (χ3v) is 3.11. The molecule has 6 heteroatoms. The van der Waals surface area contributed by atoms with Crippen LogP contribution in [0.5, 0.6) is 6.01 Å². The van der Waals surface area contributed by atoms with Gasteiger partial charge in [-0.3, -0.25) is 4.68 Å². The van der Waals surface area contributed by atoms with Crippen LogP contribution in [0, 0.1) is 6.92 Å². The van der Waals surface area contributed by atoms with E-state index in [1.807, 2.05) is 42.1 Å². The molecule has 0 radical (unpaired) electrons. The van der Waals surface area contributed by atoms with Gasteiger partial charge in [-0.1, -0.05) is 30.3 Å². The molecule has 3 rings (SSSR count). The van der Waals surface area contributed by atoms with Crippen LogP contribution in [0.2, 0.25) is 0 Å². The summed E-state index contributed by atoms with van der Waals surface area (Å²) in [7, 11) is 1.55. The number of hydrogen-bond acceptors (Lipinski definition) is 5. The number of ether oxygens (including phenoxy) is 1. The average Bonchev–Trinajstić information content (AvgIpc) is 2.94. The summed E-state index contributed by atoms with van der Waals surface area (Å²) in [6, 6.07) is 12.4. The van der Waals surface area contributed by atoms with Gasteiger partial charge in [-0.05, 0) is 12.5 Å². The maximum atomic E-state index is 5.07. The first-order valence-electron chi connectivity index (χ1n) is 6.96. The second kappa shape index (κ2) is 6.26. The van der Waals surface area contributed by atoms with E-state index in [2.05, 4.69) is 32.5 Å². The van der Waals surface area contributed by atoms with Gasteiger partial charge in [-0.2, -0.15) is 10.1 Å². The minimum absolute atomic E-state index is 0.346. The zero-order valence-electron chi connectivity index (χ0n) is 12.5. The number of nitrogens with zero attached hydrogens (tertiary/aromatic N) is 4. The molecule has 0 aliphatic carbocycles. The van der Waals surface area contributed by atoms with Gasteiger partial charge in [0.25, 0.3) is 0 Å². The van der Waals surface area contributed by atoms with Crippen molar-refractivity contribution in [3.8, 4) is 6.01 Å². The Hall–Kier alpha value is -2.89. The van der Waals surface area contributed by atoms with Crippen molar-refractivity contribution in [1.82, 2.24) is 19.7 Å². The molecule has 0 saturated heterocycles. The Bertz CT molecular complexity index is 754. The summed E-state index contributed by atoms with van der Waals surface area (Å²) in [5, 5.41) is 7.56. The molecule has 0 bridgehead atoms. The number of nitrogens with one attached hydrogen (secondary N) is 1. The van der Waals surface area contributed by atoms with Gasteiger partial charge < -0.3 is 10.1 Å². The minimum Gasteiger partial charge on any atom is -0.467 e. The minimum atomic E-state index is 0.346. The van der Waals surface area contributed by atoms with Gasteiger partial charge in [-0.25, -0.2) is 4.98 Å². The molecule has 22 heavy (non-hydrogen) atoms. The van der Waals surface area contributed by atoms with Crippen molar-refractivity contribution in [2.45, 2.75) is 13.5 Å². The molecule has 0 atom stereocenters. The second-order valence-corrected chi connectivity index (χ2v) is 4.92. The summed E-state index contributed by atoms with van der Waals surface area (Å²) in [6.45, 7) is 2.63. The molecule has 2 heterocycles. The molecule has 0 saturated carbocycles. The number of hydrogen-bond donors (Lipinski definition) is 1. The SMILES string of the molecule is COc1nc(C)cc(Nc2cnn(Cc3ccccc3)c2)n1. The van der Waals surface area contributed by atoms with E-state index in [9.17, 15) is 0 Å². The van der Waals surface area contributed by atoms with Crippen molar-refractivity contribution in [3.05, 3.63) is 60.0 Å². The molecule has 0 aliphatic rings. The lowest BCUT2D eigenvalue weighted by Gasteiger charge is -2.05. The number of anilines is 2. The van der Waals surface area contributed by atoms with Gasteiger partial charge >= 0.3 is 6.01 Å². The Morgan fingerprint density at radius 3 is 2.77 bits per heavy atom. The van der Waals surface area contributed by atoms with E-state index in [1.54, 1.807) is 13.3 Å². The van der Waals surface area contributed by atoms with Gasteiger partial charge in [0.2, 0.25) is 0 Å². The van der Waals surface area contributed by atoms with Gasteiger partial charge in [0.05, 0.1) is 25.5 Å². The highest BCUT2D eigenvalue weighted by atomic mass is 16.5. The number of methoxy groups -OCH3 is 1. The van der Waals surface area contributed by atoms with Crippen LogP contribution in [0.15, 0.2) is 48.8 Å². The lowest BCUT2D eigenvalue weighted by Crippen LogP contribution is -2.00. The van der Waals surface area contributed by atoms with Crippen molar-refractivity contribution >= 4 is 11.5 Å². The Morgan fingerprint density at radius 1 is 1.18 bits per heavy atom. The summed E-state index contributed by atoms with van der Waals surface area (Å²) in [5.74, 6) is 0.684. The smallest absolute Gasteiger partial charge is 0.318 e. The summed E-state index contributed by atoms with van der Waals surface area (Å²) in [5.41, 5.74) is 2.92. The van der Waals surface area contributed by atoms with Gasteiger partial charge in [0.1, 0.15) is 5.82 Å². The highest BCUT2D eigenvalue weighted by molar-refractivity contribution is 5.54. The molecule has 1 N–H and O–H groups in total. The van der Waals surface area contributed by atoms with Crippen LogP contribution in [0.1, 0.15) is 11.3 Å². The van der Waals surface area contributed by atoms with Crippen LogP contribution in [0.4, 0.5) is 11.5 Å². The van der Waals surface area contributed by atoms with E-state index in [0.717, 1.165) is 17.9 Å². The Balaban J connectivity index is 1.73. The van der Waals surface area contributed by atoms with Gasteiger partial charge in [-0.15, -0.1) is 0 Å². The fourth-order valence-corrected chi connectivity index (χ4v) is 2.13. The van der Waals surface area contributed by atoms with E-state index in [1.165, 1.54) is 5.56 Å². The molecular formula is C16H17N5O. The van der Waals surface area contributed by atoms with E-state index in [-0.39, 0.29) is 0 Å². The summed E-state index contributed by atoms with van der Waals surface area (Å²) in [4.78, 5) is 8.42. The molecule has 0 fully saturated rings. The molecule has 112 valence electrons. The lowest BCUT2D eigenvalue weighted by atomic mass is 10.2.